The maximum Gasteiger partial charge on any atom is 0.263 e. The first-order valence-electron chi connectivity index (χ1n) is 11.5. The van der Waals surface area contributed by atoms with Crippen LogP contribution >= 0.6 is 0 Å². The number of ether oxygens (including phenoxy) is 1. The number of carbonyl (C=O) groups excluding carboxylic acids is 1. The zero-order valence-corrected chi connectivity index (χ0v) is 20.1. The van der Waals surface area contributed by atoms with E-state index in [0.717, 1.165) is 47.0 Å². The van der Waals surface area contributed by atoms with E-state index in [0.29, 0.717) is 13.1 Å². The van der Waals surface area contributed by atoms with Crippen molar-refractivity contribution in [2.24, 2.45) is 0 Å². The minimum absolute atomic E-state index is 0.0201. The highest BCUT2D eigenvalue weighted by atomic mass is 16.5. The summed E-state index contributed by atoms with van der Waals surface area (Å²) in [6.45, 7) is 12.8. The van der Waals surface area contributed by atoms with E-state index in [1.807, 2.05) is 56.0 Å². The molecule has 2 aromatic carbocycles. The van der Waals surface area contributed by atoms with Gasteiger partial charge >= 0.3 is 0 Å². The van der Waals surface area contributed by atoms with Crippen molar-refractivity contribution in [1.82, 2.24) is 15.1 Å². The number of aryl methyl sites for hydroxylation is 4. The molecule has 1 fully saturated rings. The van der Waals surface area contributed by atoms with Gasteiger partial charge in [0.2, 0.25) is 0 Å². The second-order valence-corrected chi connectivity index (χ2v) is 8.92. The molecule has 0 radical (unpaired) electrons. The lowest BCUT2D eigenvalue weighted by molar-refractivity contribution is -0.138. The van der Waals surface area contributed by atoms with Crippen LogP contribution in [0.2, 0.25) is 0 Å². The lowest BCUT2D eigenvalue weighted by atomic mass is 10.0. The van der Waals surface area contributed by atoms with Crippen LogP contribution in [0.3, 0.4) is 0 Å². The molecular weight excluding hydrogens is 412 g/mol. The van der Waals surface area contributed by atoms with Crippen LogP contribution in [0.25, 0.3) is 11.3 Å². The molecule has 1 atom stereocenters. The summed E-state index contributed by atoms with van der Waals surface area (Å²) < 4.78 is 6.00. The number of nitrogens with zero attached hydrogens (tertiary/aromatic N) is 4. The van der Waals surface area contributed by atoms with Crippen molar-refractivity contribution in [2.75, 3.05) is 31.1 Å². The molecule has 0 spiro atoms. The van der Waals surface area contributed by atoms with Gasteiger partial charge in [0.05, 0.1) is 5.69 Å². The van der Waals surface area contributed by atoms with Gasteiger partial charge in [0.1, 0.15) is 5.75 Å². The predicted octanol–water partition coefficient (Wildman–Crippen LogP) is 4.49. The summed E-state index contributed by atoms with van der Waals surface area (Å²) in [7, 11) is 0. The monoisotopic (exact) mass is 444 g/mol. The van der Waals surface area contributed by atoms with Gasteiger partial charge in [-0.3, -0.25) is 4.79 Å². The summed E-state index contributed by atoms with van der Waals surface area (Å²) in [5, 5.41) is 8.90. The summed E-state index contributed by atoms with van der Waals surface area (Å²) in [5.74, 6) is 1.63. The molecule has 0 bridgehead atoms. The molecule has 1 unspecified atom stereocenters. The molecule has 0 N–H and O–H groups in total. The fraction of sp³-hybridized carbons (Fsp3) is 0.370. The third-order valence-electron chi connectivity index (χ3n) is 6.36. The van der Waals surface area contributed by atoms with Gasteiger partial charge in [-0.15, -0.1) is 10.2 Å². The SMILES string of the molecule is Cc1ccc(C)c(OC(C)C(=O)N2CCN(c3ccc(-c4ccc(C)c(C)c4)nn3)CC2)c1. The minimum Gasteiger partial charge on any atom is -0.481 e. The molecule has 2 heterocycles. The number of aromatic nitrogens is 2. The summed E-state index contributed by atoms with van der Waals surface area (Å²) in [6, 6.07) is 16.4. The lowest BCUT2D eigenvalue weighted by Gasteiger charge is -2.36. The zero-order valence-electron chi connectivity index (χ0n) is 20.1. The molecule has 1 amide bonds. The Hall–Kier alpha value is -3.41. The molecule has 1 aliphatic rings. The third kappa shape index (κ3) is 5.16. The van der Waals surface area contributed by atoms with Crippen molar-refractivity contribution in [3.05, 3.63) is 70.8 Å². The number of anilines is 1. The van der Waals surface area contributed by atoms with Gasteiger partial charge < -0.3 is 14.5 Å². The van der Waals surface area contributed by atoms with Crippen LogP contribution in [-0.2, 0) is 4.79 Å². The van der Waals surface area contributed by atoms with Crippen LogP contribution in [-0.4, -0.2) is 53.3 Å². The van der Waals surface area contributed by atoms with Crippen molar-refractivity contribution in [1.29, 1.82) is 0 Å². The van der Waals surface area contributed by atoms with Crippen LogP contribution < -0.4 is 9.64 Å². The second kappa shape index (κ2) is 9.61. The van der Waals surface area contributed by atoms with Gasteiger partial charge in [-0.25, -0.2) is 0 Å². The van der Waals surface area contributed by atoms with Crippen molar-refractivity contribution < 1.29 is 9.53 Å². The van der Waals surface area contributed by atoms with Crippen molar-refractivity contribution >= 4 is 11.7 Å². The van der Waals surface area contributed by atoms with E-state index in [1.165, 1.54) is 11.1 Å². The van der Waals surface area contributed by atoms with Gasteiger partial charge in [-0.2, -0.15) is 0 Å². The highest BCUT2D eigenvalue weighted by molar-refractivity contribution is 5.81. The number of amides is 1. The Morgan fingerprint density at radius 1 is 0.848 bits per heavy atom. The van der Waals surface area contributed by atoms with Crippen LogP contribution in [0.4, 0.5) is 5.82 Å². The van der Waals surface area contributed by atoms with Crippen molar-refractivity contribution in [3.63, 3.8) is 0 Å². The highest BCUT2D eigenvalue weighted by Crippen LogP contribution is 2.23. The summed E-state index contributed by atoms with van der Waals surface area (Å²) in [4.78, 5) is 17.0. The smallest absolute Gasteiger partial charge is 0.263 e. The molecule has 172 valence electrons. The molecule has 1 saturated heterocycles. The molecule has 0 saturated carbocycles. The van der Waals surface area contributed by atoms with E-state index in [9.17, 15) is 4.79 Å². The molecule has 6 heteroatoms. The van der Waals surface area contributed by atoms with Crippen LogP contribution in [0, 0.1) is 27.7 Å². The van der Waals surface area contributed by atoms with Crippen molar-refractivity contribution in [2.45, 2.75) is 40.7 Å². The maximum atomic E-state index is 12.9. The first-order valence-corrected chi connectivity index (χ1v) is 11.5. The fourth-order valence-corrected chi connectivity index (χ4v) is 4.04. The molecule has 33 heavy (non-hydrogen) atoms. The maximum absolute atomic E-state index is 12.9. The quantitative estimate of drug-likeness (QED) is 0.580. The topological polar surface area (TPSA) is 58.6 Å². The van der Waals surface area contributed by atoms with E-state index in [-0.39, 0.29) is 5.91 Å². The molecule has 1 aromatic heterocycles. The molecular formula is C27H32N4O2. The van der Waals surface area contributed by atoms with E-state index in [4.69, 9.17) is 4.74 Å². The summed E-state index contributed by atoms with van der Waals surface area (Å²) in [6.07, 6.45) is -0.519. The predicted molar refractivity (Wildman–Crippen MR) is 132 cm³/mol. The standard InChI is InChI=1S/C27H32N4O2/c1-18-6-7-20(3)25(16-18)33-22(5)27(32)31-14-12-30(13-15-31)26-11-10-24(28-29-26)23-9-8-19(2)21(4)17-23/h6-11,16-17,22H,12-15H2,1-5H3. The Morgan fingerprint density at radius 2 is 1.58 bits per heavy atom. The van der Waals surface area contributed by atoms with Gasteiger partial charge in [-0.1, -0.05) is 24.3 Å². The largest absolute Gasteiger partial charge is 0.481 e. The summed E-state index contributed by atoms with van der Waals surface area (Å²) >= 11 is 0. The zero-order chi connectivity index (χ0) is 23.5. The molecule has 0 aliphatic carbocycles. The average molecular weight is 445 g/mol. The summed E-state index contributed by atoms with van der Waals surface area (Å²) in [5.41, 5.74) is 6.61. The molecule has 4 rings (SSSR count). The highest BCUT2D eigenvalue weighted by Gasteiger charge is 2.27. The second-order valence-electron chi connectivity index (χ2n) is 8.92. The van der Waals surface area contributed by atoms with Crippen LogP contribution in [0.1, 0.15) is 29.2 Å². The minimum atomic E-state index is -0.519. The fourth-order valence-electron chi connectivity index (χ4n) is 4.04. The van der Waals surface area contributed by atoms with E-state index < -0.39 is 6.10 Å². The van der Waals surface area contributed by atoms with Crippen LogP contribution in [0.5, 0.6) is 5.75 Å². The Morgan fingerprint density at radius 3 is 2.24 bits per heavy atom. The number of hydrogen-bond acceptors (Lipinski definition) is 5. The number of carbonyl (C=O) groups is 1. The average Bonchev–Trinajstić information content (AvgIpc) is 2.83. The Balaban J connectivity index is 1.34. The van der Waals surface area contributed by atoms with Gasteiger partial charge in [0, 0.05) is 31.7 Å². The number of benzene rings is 2. The first-order chi connectivity index (χ1) is 15.8. The Kier molecular flexibility index (Phi) is 6.63. The van der Waals surface area contributed by atoms with Crippen LogP contribution in [0.15, 0.2) is 48.5 Å². The molecule has 1 aliphatic heterocycles. The first kappa shape index (κ1) is 22.8. The van der Waals surface area contributed by atoms with E-state index in [2.05, 4.69) is 47.1 Å². The van der Waals surface area contributed by atoms with Crippen molar-refractivity contribution in [3.8, 4) is 17.0 Å². The number of piperazine rings is 1. The number of hydrogen-bond donors (Lipinski definition) is 0. The normalized spacial score (nSPS) is 14.8. The van der Waals surface area contributed by atoms with Gasteiger partial charge in [0.25, 0.3) is 5.91 Å². The van der Waals surface area contributed by atoms with E-state index >= 15 is 0 Å². The Labute approximate surface area is 196 Å². The molecule has 3 aromatic rings. The Bertz CT molecular complexity index is 1140. The van der Waals surface area contributed by atoms with Gasteiger partial charge in [-0.05, 0) is 81.1 Å². The van der Waals surface area contributed by atoms with Gasteiger partial charge in [0.15, 0.2) is 11.9 Å². The molecule has 6 nitrogen and oxygen atoms in total. The lowest BCUT2D eigenvalue weighted by Crippen LogP contribution is -2.52. The number of rotatable bonds is 5. The third-order valence-corrected chi connectivity index (χ3v) is 6.36. The van der Waals surface area contributed by atoms with E-state index in [1.54, 1.807) is 0 Å².